The fourth-order valence-electron chi connectivity index (χ4n) is 4.35. The number of pyridine rings is 1. The Hall–Kier alpha value is -2.47. The molecule has 0 spiro atoms. The molecule has 0 radical (unpaired) electrons. The second kappa shape index (κ2) is 8.72. The number of rotatable bonds is 6. The van der Waals surface area contributed by atoms with Gasteiger partial charge in [-0.15, -0.1) is 0 Å². The van der Waals surface area contributed by atoms with Crippen molar-refractivity contribution in [1.29, 1.82) is 0 Å². The van der Waals surface area contributed by atoms with E-state index in [4.69, 9.17) is 22.1 Å². The van der Waals surface area contributed by atoms with Crippen molar-refractivity contribution in [2.75, 3.05) is 0 Å². The van der Waals surface area contributed by atoms with Gasteiger partial charge < -0.3 is 10.5 Å². The third-order valence-electron chi connectivity index (χ3n) is 6.10. The van der Waals surface area contributed by atoms with E-state index in [9.17, 15) is 14.0 Å². The van der Waals surface area contributed by atoms with E-state index in [-0.39, 0.29) is 30.0 Å². The summed E-state index contributed by atoms with van der Waals surface area (Å²) in [6, 6.07) is 8.26. The van der Waals surface area contributed by atoms with E-state index in [1.54, 1.807) is 12.1 Å². The van der Waals surface area contributed by atoms with Crippen LogP contribution in [0.1, 0.15) is 77.7 Å². The van der Waals surface area contributed by atoms with Gasteiger partial charge >= 0.3 is 6.09 Å². The summed E-state index contributed by atoms with van der Waals surface area (Å²) >= 11 is 6.23. The number of nitrogens with two attached hydrogens (primary N) is 1. The van der Waals surface area contributed by atoms with Crippen LogP contribution in [0.25, 0.3) is 0 Å². The first-order chi connectivity index (χ1) is 14.4. The van der Waals surface area contributed by atoms with Crippen molar-refractivity contribution >= 4 is 23.5 Å². The summed E-state index contributed by atoms with van der Waals surface area (Å²) in [4.78, 5) is 28.8. The minimum atomic E-state index is -0.867. The molecule has 1 aromatic heterocycles. The standard InChI is InChI=1S/C23H24ClFN2O3/c24-20-11-16(25)7-9-18(20)13-3-5-15(6-4-13)22(28)21-19(14-1-2-14)10-8-17(27-21)12-30-23(26)29/h7-11,13-15H,1-6,12H2,(H2,26,29). The topological polar surface area (TPSA) is 82.3 Å². The maximum Gasteiger partial charge on any atom is 0.404 e. The Morgan fingerprint density at radius 3 is 2.30 bits per heavy atom. The highest BCUT2D eigenvalue weighted by Gasteiger charge is 2.34. The van der Waals surface area contributed by atoms with Gasteiger partial charge in [-0.05, 0) is 79.7 Å². The Kier molecular flexibility index (Phi) is 6.04. The summed E-state index contributed by atoms with van der Waals surface area (Å²) in [5, 5.41) is 0.449. The molecule has 2 aliphatic carbocycles. The van der Waals surface area contributed by atoms with Crippen LogP contribution in [-0.4, -0.2) is 16.9 Å². The minimum Gasteiger partial charge on any atom is -0.443 e. The summed E-state index contributed by atoms with van der Waals surface area (Å²) < 4.78 is 18.2. The highest BCUT2D eigenvalue weighted by atomic mass is 35.5. The van der Waals surface area contributed by atoms with Gasteiger partial charge in [-0.1, -0.05) is 23.7 Å². The number of halogens is 2. The molecule has 2 fully saturated rings. The number of carbonyl (C=O) groups is 2. The Balaban J connectivity index is 1.48. The van der Waals surface area contributed by atoms with E-state index in [0.717, 1.165) is 49.7 Å². The second-order valence-corrected chi connectivity index (χ2v) is 8.61. The third kappa shape index (κ3) is 4.64. The van der Waals surface area contributed by atoms with Crippen molar-refractivity contribution in [3.8, 4) is 0 Å². The van der Waals surface area contributed by atoms with Crippen LogP contribution in [-0.2, 0) is 11.3 Å². The quantitative estimate of drug-likeness (QED) is 0.613. The maximum atomic E-state index is 13.3. The first-order valence-corrected chi connectivity index (χ1v) is 10.7. The molecule has 1 heterocycles. The van der Waals surface area contributed by atoms with Crippen LogP contribution >= 0.6 is 11.6 Å². The molecule has 2 N–H and O–H groups in total. The molecule has 7 heteroatoms. The van der Waals surface area contributed by atoms with Gasteiger partial charge in [0, 0.05) is 10.9 Å². The van der Waals surface area contributed by atoms with Crippen LogP contribution in [0.5, 0.6) is 0 Å². The zero-order valence-corrected chi connectivity index (χ0v) is 17.3. The zero-order valence-electron chi connectivity index (χ0n) is 16.6. The van der Waals surface area contributed by atoms with Crippen molar-refractivity contribution < 1.29 is 18.7 Å². The van der Waals surface area contributed by atoms with Gasteiger partial charge in [0.1, 0.15) is 18.1 Å². The van der Waals surface area contributed by atoms with Gasteiger partial charge in [-0.3, -0.25) is 4.79 Å². The predicted molar refractivity (Wildman–Crippen MR) is 111 cm³/mol. The SMILES string of the molecule is NC(=O)OCc1ccc(C2CC2)c(C(=O)C2CCC(c3ccc(F)cc3Cl)CC2)n1. The molecule has 0 unspecified atom stereocenters. The molecule has 2 aliphatic rings. The number of amides is 1. The molecule has 5 nitrogen and oxygen atoms in total. The molecule has 4 rings (SSSR count). The predicted octanol–water partition coefficient (Wildman–Crippen LogP) is 5.50. The lowest BCUT2D eigenvalue weighted by Gasteiger charge is -2.28. The van der Waals surface area contributed by atoms with Gasteiger partial charge in [0.05, 0.1) is 5.69 Å². The first-order valence-electron chi connectivity index (χ1n) is 10.3. The van der Waals surface area contributed by atoms with E-state index in [2.05, 4.69) is 4.98 Å². The summed E-state index contributed by atoms with van der Waals surface area (Å²) in [5.74, 6) is 0.232. The largest absolute Gasteiger partial charge is 0.443 e. The molecule has 0 aliphatic heterocycles. The lowest BCUT2D eigenvalue weighted by molar-refractivity contribution is 0.0876. The van der Waals surface area contributed by atoms with Crippen molar-refractivity contribution in [1.82, 2.24) is 4.98 Å². The average molecular weight is 431 g/mol. The van der Waals surface area contributed by atoms with Crippen LogP contribution < -0.4 is 5.73 Å². The van der Waals surface area contributed by atoms with Gasteiger partial charge in [-0.25, -0.2) is 14.2 Å². The summed E-state index contributed by atoms with van der Waals surface area (Å²) in [5.41, 5.74) is 8.01. The number of hydrogen-bond donors (Lipinski definition) is 1. The van der Waals surface area contributed by atoms with Gasteiger partial charge in [0.2, 0.25) is 0 Å². The number of nitrogens with zero attached hydrogens (tertiary/aromatic N) is 1. The number of Topliss-reactive ketones (excluding diaryl/α,β-unsaturated/α-hetero) is 1. The number of hydrogen-bond acceptors (Lipinski definition) is 4. The Morgan fingerprint density at radius 1 is 1.03 bits per heavy atom. The Morgan fingerprint density at radius 2 is 1.67 bits per heavy atom. The smallest absolute Gasteiger partial charge is 0.404 e. The summed E-state index contributed by atoms with van der Waals surface area (Å²) in [6.45, 7) is -0.0453. The highest BCUT2D eigenvalue weighted by Crippen LogP contribution is 2.44. The average Bonchev–Trinajstić information content (AvgIpc) is 3.57. The molecule has 0 bridgehead atoms. The highest BCUT2D eigenvalue weighted by molar-refractivity contribution is 6.31. The number of primary amides is 1. The Bertz CT molecular complexity index is 969. The van der Waals surface area contributed by atoms with E-state index in [1.807, 2.05) is 6.07 Å². The molecule has 0 atom stereocenters. The van der Waals surface area contributed by atoms with Crippen LogP contribution in [0.3, 0.4) is 0 Å². The van der Waals surface area contributed by atoms with Gasteiger partial charge in [0.15, 0.2) is 5.78 Å². The van der Waals surface area contributed by atoms with E-state index < -0.39 is 6.09 Å². The van der Waals surface area contributed by atoms with Gasteiger partial charge in [0.25, 0.3) is 0 Å². The lowest BCUT2D eigenvalue weighted by atomic mass is 9.76. The van der Waals surface area contributed by atoms with Crippen LogP contribution in [0.2, 0.25) is 5.02 Å². The second-order valence-electron chi connectivity index (χ2n) is 8.20. The molecular weight excluding hydrogens is 407 g/mol. The zero-order chi connectivity index (χ0) is 21.3. The molecular formula is C23H24ClFN2O3. The van der Waals surface area contributed by atoms with Gasteiger partial charge in [-0.2, -0.15) is 0 Å². The summed E-state index contributed by atoms with van der Waals surface area (Å²) in [6.07, 6.45) is 4.39. The van der Waals surface area contributed by atoms with Crippen molar-refractivity contribution in [3.05, 3.63) is 63.7 Å². The molecule has 2 saturated carbocycles. The number of aromatic nitrogens is 1. The lowest BCUT2D eigenvalue weighted by Crippen LogP contribution is -2.24. The van der Waals surface area contributed by atoms with Crippen molar-refractivity contribution in [3.63, 3.8) is 0 Å². The van der Waals surface area contributed by atoms with Crippen LogP contribution in [0.4, 0.5) is 9.18 Å². The Labute approximate surface area is 179 Å². The van der Waals surface area contributed by atoms with Crippen LogP contribution in [0.15, 0.2) is 30.3 Å². The maximum absolute atomic E-state index is 13.3. The number of carbonyl (C=O) groups excluding carboxylic acids is 2. The van der Waals surface area contributed by atoms with Crippen molar-refractivity contribution in [2.24, 2.45) is 11.7 Å². The fraction of sp³-hybridized carbons (Fsp3) is 0.435. The van der Waals surface area contributed by atoms with Crippen LogP contribution in [0, 0.1) is 11.7 Å². The fourth-order valence-corrected chi connectivity index (χ4v) is 4.67. The molecule has 30 heavy (non-hydrogen) atoms. The number of benzene rings is 1. The third-order valence-corrected chi connectivity index (χ3v) is 6.42. The first kappa shape index (κ1) is 20.8. The molecule has 1 amide bonds. The number of ketones is 1. The molecule has 158 valence electrons. The van der Waals surface area contributed by atoms with Crippen molar-refractivity contribution in [2.45, 2.75) is 57.0 Å². The molecule has 1 aromatic carbocycles. The summed E-state index contributed by atoms with van der Waals surface area (Å²) in [7, 11) is 0. The monoisotopic (exact) mass is 430 g/mol. The van der Waals surface area contributed by atoms with E-state index >= 15 is 0 Å². The number of ether oxygens (including phenoxy) is 1. The normalized spacial score (nSPS) is 21.3. The molecule has 0 saturated heterocycles. The van der Waals surface area contributed by atoms with E-state index in [1.165, 1.54) is 12.1 Å². The minimum absolute atomic E-state index is 0.0453. The molecule has 2 aromatic rings. The van der Waals surface area contributed by atoms with E-state index in [0.29, 0.717) is 22.3 Å².